The van der Waals surface area contributed by atoms with Gasteiger partial charge in [-0.25, -0.2) is 14.1 Å². The number of rotatable bonds is 5. The van der Waals surface area contributed by atoms with Crippen LogP contribution in [0.2, 0.25) is 0 Å². The zero-order valence-corrected chi connectivity index (χ0v) is 15.0. The topological polar surface area (TPSA) is 63.9 Å². The number of carbonyl (C=O) groups excluding carboxylic acids is 1. The maximum Gasteiger partial charge on any atom is 0.276 e. The molecule has 0 aliphatic heterocycles. The number of halogens is 1. The average molecular weight is 359 g/mol. The molecule has 0 bridgehead atoms. The van der Waals surface area contributed by atoms with Crippen LogP contribution in [0.1, 0.15) is 39.7 Å². The van der Waals surface area contributed by atoms with E-state index in [4.69, 9.17) is 0 Å². The predicted molar refractivity (Wildman–Crippen MR) is 92.9 cm³/mol. The number of carbonyl (C=O) groups is 1. The zero-order valence-electron chi connectivity index (χ0n) is 14.2. The highest BCUT2D eigenvalue weighted by Gasteiger charge is 2.23. The third-order valence-electron chi connectivity index (χ3n) is 3.94. The summed E-state index contributed by atoms with van der Waals surface area (Å²) < 4.78 is 15.2. The molecule has 130 valence electrons. The van der Waals surface area contributed by atoms with Crippen molar-refractivity contribution in [3.8, 4) is 0 Å². The maximum atomic E-state index is 13.7. The Morgan fingerprint density at radius 3 is 2.84 bits per heavy atom. The summed E-state index contributed by atoms with van der Waals surface area (Å²) in [4.78, 5) is 18.6. The van der Waals surface area contributed by atoms with Gasteiger partial charge in [0.25, 0.3) is 5.91 Å². The number of amides is 1. The van der Waals surface area contributed by atoms with Gasteiger partial charge in [0.2, 0.25) is 0 Å². The van der Waals surface area contributed by atoms with Gasteiger partial charge >= 0.3 is 0 Å². The number of benzene rings is 1. The number of nitrogens with zero attached hydrogens (tertiary/aromatic N) is 5. The Balaban J connectivity index is 1.73. The molecule has 0 aliphatic rings. The van der Waals surface area contributed by atoms with Crippen LogP contribution < -0.4 is 0 Å². The molecule has 2 heterocycles. The summed E-state index contributed by atoms with van der Waals surface area (Å²) in [5.41, 5.74) is 1.65. The van der Waals surface area contributed by atoms with E-state index in [-0.39, 0.29) is 30.0 Å². The van der Waals surface area contributed by atoms with Crippen molar-refractivity contribution in [1.82, 2.24) is 24.9 Å². The minimum atomic E-state index is -0.309. The summed E-state index contributed by atoms with van der Waals surface area (Å²) in [6, 6.07) is 6.29. The Morgan fingerprint density at radius 1 is 1.40 bits per heavy atom. The van der Waals surface area contributed by atoms with Gasteiger partial charge in [0.05, 0.1) is 18.8 Å². The van der Waals surface area contributed by atoms with Gasteiger partial charge in [0, 0.05) is 23.7 Å². The first-order valence-corrected chi connectivity index (χ1v) is 8.66. The van der Waals surface area contributed by atoms with E-state index in [9.17, 15) is 9.18 Å². The van der Waals surface area contributed by atoms with Crippen molar-refractivity contribution in [2.45, 2.75) is 26.4 Å². The normalized spacial score (nSPS) is 12.2. The average Bonchev–Trinajstić information content (AvgIpc) is 3.24. The molecule has 1 atom stereocenters. The molecule has 0 saturated carbocycles. The highest BCUT2D eigenvalue weighted by molar-refractivity contribution is 7.09. The minimum Gasteiger partial charge on any atom is -0.331 e. The van der Waals surface area contributed by atoms with Gasteiger partial charge in [-0.05, 0) is 19.9 Å². The predicted octanol–water partition coefficient (Wildman–Crippen LogP) is 3.06. The fraction of sp³-hybridized carbons (Fsp3) is 0.294. The SMILES string of the molecule is Cc1csc([C@@H](C)N(C)C(=O)c2cn(Cc3ccccc3F)nn2)n1. The van der Waals surface area contributed by atoms with Crippen LogP contribution >= 0.6 is 11.3 Å². The highest BCUT2D eigenvalue weighted by Crippen LogP contribution is 2.23. The van der Waals surface area contributed by atoms with Crippen molar-refractivity contribution in [3.63, 3.8) is 0 Å². The summed E-state index contributed by atoms with van der Waals surface area (Å²) in [6.07, 6.45) is 1.53. The van der Waals surface area contributed by atoms with Crippen LogP contribution in [-0.2, 0) is 6.54 Å². The summed E-state index contributed by atoms with van der Waals surface area (Å²) in [5, 5.41) is 10.7. The van der Waals surface area contributed by atoms with Gasteiger partial charge in [-0.2, -0.15) is 0 Å². The molecule has 0 N–H and O–H groups in total. The first kappa shape index (κ1) is 17.2. The second-order valence-corrected chi connectivity index (χ2v) is 6.70. The highest BCUT2D eigenvalue weighted by atomic mass is 32.1. The number of aromatic nitrogens is 4. The molecule has 1 aromatic carbocycles. The molecule has 3 aromatic rings. The van der Waals surface area contributed by atoms with Crippen molar-refractivity contribution >= 4 is 17.2 Å². The molecule has 25 heavy (non-hydrogen) atoms. The lowest BCUT2D eigenvalue weighted by atomic mass is 10.2. The lowest BCUT2D eigenvalue weighted by molar-refractivity contribution is 0.0736. The fourth-order valence-corrected chi connectivity index (χ4v) is 3.26. The molecule has 8 heteroatoms. The smallest absolute Gasteiger partial charge is 0.276 e. The van der Waals surface area contributed by atoms with E-state index < -0.39 is 0 Å². The van der Waals surface area contributed by atoms with Crippen molar-refractivity contribution in [2.75, 3.05) is 7.05 Å². The molecule has 0 spiro atoms. The molecule has 0 aliphatic carbocycles. The van der Waals surface area contributed by atoms with Gasteiger partial charge in [-0.3, -0.25) is 4.79 Å². The Bertz CT molecular complexity index is 891. The molecule has 3 rings (SSSR count). The largest absolute Gasteiger partial charge is 0.331 e. The molecule has 0 unspecified atom stereocenters. The molecule has 0 saturated heterocycles. The second kappa shape index (κ2) is 7.10. The summed E-state index contributed by atoms with van der Waals surface area (Å²) in [5.74, 6) is -0.559. The Kier molecular flexibility index (Phi) is 4.89. The summed E-state index contributed by atoms with van der Waals surface area (Å²) in [7, 11) is 1.71. The third-order valence-corrected chi connectivity index (χ3v) is 5.08. The number of hydrogen-bond acceptors (Lipinski definition) is 5. The van der Waals surface area contributed by atoms with Crippen molar-refractivity contribution in [1.29, 1.82) is 0 Å². The molecular weight excluding hydrogens is 341 g/mol. The molecule has 6 nitrogen and oxygen atoms in total. The Labute approximate surface area is 148 Å². The van der Waals surface area contributed by atoms with E-state index in [1.807, 2.05) is 19.2 Å². The standard InChI is InChI=1S/C17H18FN5OS/c1-11-10-25-16(19-11)12(2)22(3)17(24)15-9-23(21-20-15)8-13-6-4-5-7-14(13)18/h4-7,9-10,12H,8H2,1-3H3/t12-/m1/s1. The molecule has 0 radical (unpaired) electrons. The van der Waals surface area contributed by atoms with Crippen molar-refractivity contribution in [3.05, 3.63) is 63.6 Å². The Morgan fingerprint density at radius 2 is 2.16 bits per heavy atom. The molecular formula is C17H18FN5OS. The van der Waals surface area contributed by atoms with Crippen LogP contribution in [-0.4, -0.2) is 37.8 Å². The molecule has 2 aromatic heterocycles. The van der Waals surface area contributed by atoms with Crippen LogP contribution in [0.4, 0.5) is 4.39 Å². The van der Waals surface area contributed by atoms with E-state index in [2.05, 4.69) is 15.3 Å². The van der Waals surface area contributed by atoms with Gasteiger partial charge in [0.15, 0.2) is 5.69 Å². The van der Waals surface area contributed by atoms with E-state index in [0.29, 0.717) is 5.56 Å². The van der Waals surface area contributed by atoms with E-state index in [0.717, 1.165) is 10.7 Å². The van der Waals surface area contributed by atoms with Gasteiger partial charge in [-0.1, -0.05) is 23.4 Å². The summed E-state index contributed by atoms with van der Waals surface area (Å²) >= 11 is 1.52. The minimum absolute atomic E-state index is 0.164. The summed E-state index contributed by atoms with van der Waals surface area (Å²) in [6.45, 7) is 4.06. The zero-order chi connectivity index (χ0) is 18.0. The van der Waals surface area contributed by atoms with E-state index in [1.165, 1.54) is 28.3 Å². The lowest BCUT2D eigenvalue weighted by Gasteiger charge is -2.22. The van der Waals surface area contributed by atoms with Crippen LogP contribution in [0.15, 0.2) is 35.8 Å². The Hall–Kier alpha value is -2.61. The molecule has 0 fully saturated rings. The quantitative estimate of drug-likeness (QED) is 0.702. The number of aryl methyl sites for hydroxylation is 1. The van der Waals surface area contributed by atoms with E-state index >= 15 is 0 Å². The van der Waals surface area contributed by atoms with Gasteiger partial charge in [-0.15, -0.1) is 16.4 Å². The number of hydrogen-bond donors (Lipinski definition) is 0. The third kappa shape index (κ3) is 3.74. The second-order valence-electron chi connectivity index (χ2n) is 5.81. The number of thiazole rings is 1. The van der Waals surface area contributed by atoms with Crippen LogP contribution in [0.25, 0.3) is 0 Å². The van der Waals surface area contributed by atoms with Crippen LogP contribution in [0.3, 0.4) is 0 Å². The van der Waals surface area contributed by atoms with Crippen LogP contribution in [0, 0.1) is 12.7 Å². The van der Waals surface area contributed by atoms with Gasteiger partial charge < -0.3 is 4.90 Å². The first-order valence-electron chi connectivity index (χ1n) is 7.78. The first-order chi connectivity index (χ1) is 12.0. The molecule has 1 amide bonds. The van der Waals surface area contributed by atoms with Crippen molar-refractivity contribution in [2.24, 2.45) is 0 Å². The van der Waals surface area contributed by atoms with Crippen LogP contribution in [0.5, 0.6) is 0 Å². The van der Waals surface area contributed by atoms with Gasteiger partial charge in [0.1, 0.15) is 10.8 Å². The lowest BCUT2D eigenvalue weighted by Crippen LogP contribution is -2.30. The van der Waals surface area contributed by atoms with E-state index in [1.54, 1.807) is 30.1 Å². The monoisotopic (exact) mass is 359 g/mol. The fourth-order valence-electron chi connectivity index (χ4n) is 2.36. The maximum absolute atomic E-state index is 13.7. The van der Waals surface area contributed by atoms with Crippen molar-refractivity contribution < 1.29 is 9.18 Å².